The number of hydrogen-bond acceptors (Lipinski definition) is 4. The number of carbonyl (C=O) groups excluding carboxylic acids is 1. The second kappa shape index (κ2) is 5.41. The number of aromatic nitrogens is 2. The van der Waals surface area contributed by atoms with Gasteiger partial charge in [-0.1, -0.05) is 33.8 Å². The van der Waals surface area contributed by atoms with E-state index in [4.69, 9.17) is 0 Å². The van der Waals surface area contributed by atoms with Crippen molar-refractivity contribution >= 4 is 39.3 Å². The maximum Gasteiger partial charge on any atom is 0.267 e. The molecule has 1 amide bonds. The van der Waals surface area contributed by atoms with E-state index in [1.807, 2.05) is 12.1 Å². The minimum atomic E-state index is -0.437. The zero-order valence-corrected chi connectivity index (χ0v) is 12.7. The molecule has 0 fully saturated rings. The van der Waals surface area contributed by atoms with Crippen LogP contribution in [0.15, 0.2) is 44.9 Å². The zero-order chi connectivity index (χ0) is 14.1. The molecule has 2 aromatic rings. The van der Waals surface area contributed by atoms with Crippen molar-refractivity contribution in [1.29, 1.82) is 0 Å². The van der Waals surface area contributed by atoms with Gasteiger partial charge in [0.05, 0.1) is 0 Å². The number of rotatable bonds is 2. The summed E-state index contributed by atoms with van der Waals surface area (Å²) in [6.07, 6.45) is 1.35. The minimum Gasteiger partial charge on any atom is -0.322 e. The molecule has 0 saturated carbocycles. The SMILES string of the molecule is O=C(Nc1cccc(Br)c1)c1cnc2n(c1=O)CCS2. The van der Waals surface area contributed by atoms with Crippen LogP contribution >= 0.6 is 27.7 Å². The van der Waals surface area contributed by atoms with Crippen LogP contribution in [0.5, 0.6) is 0 Å². The van der Waals surface area contributed by atoms with Crippen LogP contribution in [0.2, 0.25) is 0 Å². The first-order valence-electron chi connectivity index (χ1n) is 5.95. The van der Waals surface area contributed by atoms with Gasteiger partial charge in [0, 0.05) is 28.7 Å². The highest BCUT2D eigenvalue weighted by molar-refractivity contribution is 9.10. The van der Waals surface area contributed by atoms with Gasteiger partial charge in [-0.15, -0.1) is 0 Å². The van der Waals surface area contributed by atoms with Crippen LogP contribution in [0.3, 0.4) is 0 Å². The topological polar surface area (TPSA) is 64.0 Å². The van der Waals surface area contributed by atoms with Gasteiger partial charge in [0.15, 0.2) is 5.16 Å². The third kappa shape index (κ3) is 2.51. The molecule has 3 rings (SSSR count). The molecule has 20 heavy (non-hydrogen) atoms. The highest BCUT2D eigenvalue weighted by Gasteiger charge is 2.19. The summed E-state index contributed by atoms with van der Waals surface area (Å²) in [4.78, 5) is 28.5. The van der Waals surface area contributed by atoms with Gasteiger partial charge in [-0.25, -0.2) is 4.98 Å². The molecule has 2 heterocycles. The molecule has 0 atom stereocenters. The van der Waals surface area contributed by atoms with Crippen LogP contribution in [0.25, 0.3) is 0 Å². The van der Waals surface area contributed by atoms with Gasteiger partial charge in [-0.05, 0) is 18.2 Å². The van der Waals surface area contributed by atoms with Crippen molar-refractivity contribution < 1.29 is 4.79 Å². The lowest BCUT2D eigenvalue weighted by Crippen LogP contribution is -2.29. The van der Waals surface area contributed by atoms with Crippen molar-refractivity contribution in [3.63, 3.8) is 0 Å². The van der Waals surface area contributed by atoms with Crippen LogP contribution in [-0.2, 0) is 6.54 Å². The van der Waals surface area contributed by atoms with E-state index in [2.05, 4.69) is 26.2 Å². The first-order chi connectivity index (χ1) is 9.65. The Kier molecular flexibility index (Phi) is 3.62. The van der Waals surface area contributed by atoms with E-state index in [-0.39, 0.29) is 11.1 Å². The van der Waals surface area contributed by atoms with Gasteiger partial charge in [0.2, 0.25) is 0 Å². The second-order valence-electron chi connectivity index (χ2n) is 4.22. The average Bonchev–Trinajstić information content (AvgIpc) is 2.88. The van der Waals surface area contributed by atoms with E-state index < -0.39 is 5.91 Å². The summed E-state index contributed by atoms with van der Waals surface area (Å²) in [5.41, 5.74) is 0.410. The predicted molar refractivity (Wildman–Crippen MR) is 81.3 cm³/mol. The molecule has 7 heteroatoms. The molecule has 0 unspecified atom stereocenters. The summed E-state index contributed by atoms with van der Waals surface area (Å²) in [5, 5.41) is 3.38. The van der Waals surface area contributed by atoms with E-state index in [0.717, 1.165) is 10.2 Å². The molecule has 1 aliphatic heterocycles. The number of benzene rings is 1. The van der Waals surface area contributed by atoms with Crippen LogP contribution in [0.1, 0.15) is 10.4 Å². The monoisotopic (exact) mass is 351 g/mol. The fourth-order valence-electron chi connectivity index (χ4n) is 1.94. The van der Waals surface area contributed by atoms with E-state index in [1.54, 1.807) is 16.7 Å². The molecule has 0 bridgehead atoms. The predicted octanol–water partition coefficient (Wildman–Crippen LogP) is 2.36. The normalized spacial score (nSPS) is 13.1. The Morgan fingerprint density at radius 2 is 2.30 bits per heavy atom. The Labute approximate surface area is 127 Å². The van der Waals surface area contributed by atoms with Crippen molar-refractivity contribution in [3.8, 4) is 0 Å². The Balaban J connectivity index is 1.90. The van der Waals surface area contributed by atoms with Gasteiger partial charge >= 0.3 is 0 Å². The Morgan fingerprint density at radius 3 is 3.10 bits per heavy atom. The maximum atomic E-state index is 12.2. The lowest BCUT2D eigenvalue weighted by molar-refractivity contribution is 0.102. The minimum absolute atomic E-state index is 0.0659. The van der Waals surface area contributed by atoms with E-state index in [9.17, 15) is 9.59 Å². The first-order valence-corrected chi connectivity index (χ1v) is 7.72. The Hall–Kier alpha value is -1.60. The number of amides is 1. The van der Waals surface area contributed by atoms with Crippen LogP contribution in [-0.4, -0.2) is 21.2 Å². The summed E-state index contributed by atoms with van der Waals surface area (Å²) in [6.45, 7) is 0.601. The van der Waals surface area contributed by atoms with E-state index >= 15 is 0 Å². The zero-order valence-electron chi connectivity index (χ0n) is 10.3. The molecule has 1 aromatic heterocycles. The molecule has 1 N–H and O–H groups in total. The fraction of sp³-hybridized carbons (Fsp3) is 0.154. The molecule has 1 aliphatic rings. The van der Waals surface area contributed by atoms with Crippen molar-refractivity contribution in [2.45, 2.75) is 11.7 Å². The molecule has 0 radical (unpaired) electrons. The highest BCUT2D eigenvalue weighted by atomic mass is 79.9. The molecule has 0 aliphatic carbocycles. The van der Waals surface area contributed by atoms with Gasteiger partial charge < -0.3 is 5.32 Å². The fourth-order valence-corrected chi connectivity index (χ4v) is 3.25. The third-order valence-electron chi connectivity index (χ3n) is 2.88. The molecule has 5 nitrogen and oxygen atoms in total. The third-order valence-corrected chi connectivity index (χ3v) is 4.35. The molecular formula is C13H10BrN3O2S. The van der Waals surface area contributed by atoms with Crippen molar-refractivity contribution in [2.75, 3.05) is 11.1 Å². The average molecular weight is 352 g/mol. The Morgan fingerprint density at radius 1 is 1.45 bits per heavy atom. The summed E-state index contributed by atoms with van der Waals surface area (Å²) in [6, 6.07) is 7.20. The number of nitrogens with one attached hydrogen (secondary N) is 1. The van der Waals surface area contributed by atoms with Crippen molar-refractivity contribution in [1.82, 2.24) is 9.55 Å². The number of carbonyl (C=O) groups is 1. The molecular weight excluding hydrogens is 342 g/mol. The standard InChI is InChI=1S/C13H10BrN3O2S/c14-8-2-1-3-9(6-8)16-11(18)10-7-15-13-17(12(10)19)4-5-20-13/h1-3,6-7H,4-5H2,(H,16,18). The van der Waals surface area contributed by atoms with Gasteiger partial charge in [-0.2, -0.15) is 0 Å². The number of hydrogen-bond donors (Lipinski definition) is 1. The quantitative estimate of drug-likeness (QED) is 0.843. The van der Waals surface area contributed by atoms with Crippen molar-refractivity contribution in [2.24, 2.45) is 0 Å². The molecule has 1 aromatic carbocycles. The van der Waals surface area contributed by atoms with Crippen LogP contribution in [0, 0.1) is 0 Å². The highest BCUT2D eigenvalue weighted by Crippen LogP contribution is 2.21. The molecule has 0 spiro atoms. The number of fused-ring (bicyclic) bond motifs is 1. The van der Waals surface area contributed by atoms with Crippen LogP contribution in [0.4, 0.5) is 5.69 Å². The second-order valence-corrected chi connectivity index (χ2v) is 6.20. The molecule has 0 saturated heterocycles. The summed E-state index contributed by atoms with van der Waals surface area (Å²) in [5.74, 6) is 0.381. The van der Waals surface area contributed by atoms with Crippen molar-refractivity contribution in [3.05, 3.63) is 50.9 Å². The van der Waals surface area contributed by atoms with Gasteiger partial charge in [-0.3, -0.25) is 14.2 Å². The lowest BCUT2D eigenvalue weighted by atomic mass is 10.2. The smallest absolute Gasteiger partial charge is 0.267 e. The van der Waals surface area contributed by atoms with Gasteiger partial charge in [0.25, 0.3) is 11.5 Å². The summed E-state index contributed by atoms with van der Waals surface area (Å²) >= 11 is 4.85. The van der Waals surface area contributed by atoms with Gasteiger partial charge in [0.1, 0.15) is 5.56 Å². The number of nitrogens with zero attached hydrogens (tertiary/aromatic N) is 2. The first kappa shape index (κ1) is 13.4. The lowest BCUT2D eigenvalue weighted by Gasteiger charge is -2.07. The van der Waals surface area contributed by atoms with Crippen LogP contribution < -0.4 is 10.9 Å². The van der Waals surface area contributed by atoms with E-state index in [0.29, 0.717) is 17.4 Å². The van der Waals surface area contributed by atoms with E-state index in [1.165, 1.54) is 18.0 Å². The summed E-state index contributed by atoms with van der Waals surface area (Å²) < 4.78 is 2.40. The largest absolute Gasteiger partial charge is 0.322 e. The Bertz CT molecular complexity index is 745. The molecule has 102 valence electrons. The number of thioether (sulfide) groups is 1. The number of anilines is 1. The number of halogens is 1. The maximum absolute atomic E-state index is 12.2. The summed E-state index contributed by atoms with van der Waals surface area (Å²) in [7, 11) is 0.